The van der Waals surface area contributed by atoms with E-state index in [4.69, 9.17) is 12.8 Å². The van der Waals surface area contributed by atoms with Crippen LogP contribution in [0.3, 0.4) is 0 Å². The number of hydrogen-bond acceptors (Lipinski definition) is 6. The summed E-state index contributed by atoms with van der Waals surface area (Å²) in [5.41, 5.74) is 0.897. The van der Waals surface area contributed by atoms with Crippen molar-refractivity contribution in [2.75, 3.05) is 33.2 Å². The molecule has 0 radical (unpaired) electrons. The maximum atomic E-state index is 13.9. The number of nitrogens with one attached hydrogen (secondary N) is 2. The molecule has 260 valence electrons. The van der Waals surface area contributed by atoms with Gasteiger partial charge in [-0.2, -0.15) is 0 Å². The fraction of sp³-hybridized carbons (Fsp3) is 0.658. The van der Waals surface area contributed by atoms with Crippen LogP contribution in [0.2, 0.25) is 0 Å². The van der Waals surface area contributed by atoms with E-state index in [1.165, 1.54) is 0 Å². The van der Waals surface area contributed by atoms with Crippen LogP contribution in [0.15, 0.2) is 30.3 Å². The maximum absolute atomic E-state index is 13.9. The molecule has 1 aromatic rings. The number of carbonyl (C=O) groups excluding carboxylic acids is 3. The first-order valence-electron chi connectivity index (χ1n) is 17.4. The number of nitrogens with zero attached hydrogens (tertiary/aromatic N) is 2. The molecular weight excluding hydrogens is 592 g/mol. The molecule has 9 heteroatoms. The van der Waals surface area contributed by atoms with Crippen LogP contribution in [0.1, 0.15) is 84.1 Å². The van der Waals surface area contributed by atoms with Gasteiger partial charge in [0.05, 0.1) is 18.1 Å². The minimum atomic E-state index is -1.23. The molecule has 6 atom stereocenters. The van der Waals surface area contributed by atoms with E-state index in [-0.39, 0.29) is 18.7 Å². The highest BCUT2D eigenvalue weighted by atomic mass is 16.3. The van der Waals surface area contributed by atoms with Crippen LogP contribution in [0, 0.1) is 42.4 Å². The van der Waals surface area contributed by atoms with Crippen molar-refractivity contribution in [1.82, 2.24) is 20.4 Å². The molecule has 1 fully saturated rings. The van der Waals surface area contributed by atoms with E-state index >= 15 is 0 Å². The molecule has 0 aromatic heterocycles. The second kappa shape index (κ2) is 21.5. The maximum Gasteiger partial charge on any atom is 0.244 e. The SMILES string of the molecule is C#CCCC(O)C(O)C(CC1CCCCC1)NC(=O)C(NC(=O)C(CC(=O)N(C)CCN(CC)CC)Cc1ccccc1)C(C)C#C. The zero-order valence-corrected chi connectivity index (χ0v) is 29.0. The van der Waals surface area contributed by atoms with Gasteiger partial charge in [0.15, 0.2) is 0 Å². The minimum absolute atomic E-state index is 0.0291. The van der Waals surface area contributed by atoms with Crippen molar-refractivity contribution in [2.24, 2.45) is 17.8 Å². The lowest BCUT2D eigenvalue weighted by atomic mass is 9.82. The predicted octanol–water partition coefficient (Wildman–Crippen LogP) is 3.38. The number of aliphatic hydroxyl groups excluding tert-OH is 2. The Hall–Kier alpha value is -3.37. The highest BCUT2D eigenvalue weighted by Crippen LogP contribution is 2.29. The topological polar surface area (TPSA) is 122 Å². The molecular formula is C38H58N4O5. The molecule has 9 nitrogen and oxygen atoms in total. The van der Waals surface area contributed by atoms with E-state index in [0.29, 0.717) is 31.7 Å². The van der Waals surface area contributed by atoms with Crippen molar-refractivity contribution < 1.29 is 24.6 Å². The Morgan fingerprint density at radius 2 is 1.64 bits per heavy atom. The second-order valence-corrected chi connectivity index (χ2v) is 13.0. The molecule has 47 heavy (non-hydrogen) atoms. The zero-order chi connectivity index (χ0) is 34.8. The van der Waals surface area contributed by atoms with Crippen molar-refractivity contribution >= 4 is 17.7 Å². The van der Waals surface area contributed by atoms with E-state index in [9.17, 15) is 24.6 Å². The number of rotatable bonds is 20. The molecule has 4 N–H and O–H groups in total. The first-order chi connectivity index (χ1) is 22.5. The molecule has 0 heterocycles. The normalized spacial score (nSPS) is 17.3. The number of terminal acetylenes is 2. The molecule has 0 saturated heterocycles. The zero-order valence-electron chi connectivity index (χ0n) is 29.0. The number of hydrogen-bond donors (Lipinski definition) is 4. The van der Waals surface area contributed by atoms with Gasteiger partial charge in [-0.1, -0.05) is 76.3 Å². The number of carbonyl (C=O) groups is 3. The third kappa shape index (κ3) is 13.7. The summed E-state index contributed by atoms with van der Waals surface area (Å²) in [5.74, 6) is 2.81. The van der Waals surface area contributed by atoms with E-state index in [0.717, 1.165) is 57.3 Å². The molecule has 1 aliphatic carbocycles. The molecule has 1 aromatic carbocycles. The second-order valence-electron chi connectivity index (χ2n) is 13.0. The lowest BCUT2D eigenvalue weighted by molar-refractivity contribution is -0.137. The lowest BCUT2D eigenvalue weighted by Gasteiger charge is -2.34. The van der Waals surface area contributed by atoms with E-state index in [1.807, 2.05) is 30.3 Å². The van der Waals surface area contributed by atoms with Crippen LogP contribution < -0.4 is 10.6 Å². The molecule has 1 saturated carbocycles. The van der Waals surface area contributed by atoms with Crippen molar-refractivity contribution in [3.05, 3.63) is 35.9 Å². The Balaban J connectivity index is 2.26. The van der Waals surface area contributed by atoms with Gasteiger partial charge in [0.1, 0.15) is 12.1 Å². The Morgan fingerprint density at radius 3 is 2.23 bits per heavy atom. The van der Waals surface area contributed by atoms with Gasteiger partial charge in [-0.05, 0) is 50.8 Å². The number of aliphatic hydroxyl groups is 2. The van der Waals surface area contributed by atoms with Crippen LogP contribution in [0.4, 0.5) is 0 Å². The third-order valence-electron chi connectivity index (χ3n) is 9.56. The average molecular weight is 651 g/mol. The van der Waals surface area contributed by atoms with Crippen molar-refractivity contribution in [2.45, 2.75) is 109 Å². The molecule has 2 rings (SSSR count). The Morgan fingerprint density at radius 1 is 0.979 bits per heavy atom. The van der Waals surface area contributed by atoms with Gasteiger partial charge >= 0.3 is 0 Å². The molecule has 1 aliphatic rings. The Labute approximate surface area is 283 Å². The van der Waals surface area contributed by atoms with Gasteiger partial charge in [0.25, 0.3) is 0 Å². The molecule has 0 aliphatic heterocycles. The molecule has 3 amide bonds. The standard InChI is InChI=1S/C38H58N4O5/c1-7-11-22-33(43)36(45)32(26-30-20-16-13-17-21-30)39-38(47)35(28(5)8-2)40-37(46)31(25-29-18-14-12-15-19-29)27-34(44)41(6)23-24-42(9-3)10-4/h1-2,12,14-15,18-19,28,30-33,35-36,43,45H,9-11,13,16-17,20-27H2,3-6H3,(H,39,47)(H,40,46). The van der Waals surface area contributed by atoms with Crippen LogP contribution in [0.25, 0.3) is 0 Å². The largest absolute Gasteiger partial charge is 0.390 e. The van der Waals surface area contributed by atoms with Gasteiger partial charge in [-0.15, -0.1) is 24.7 Å². The van der Waals surface area contributed by atoms with Crippen molar-refractivity contribution in [1.29, 1.82) is 0 Å². The quantitative estimate of drug-likeness (QED) is 0.161. The first-order valence-corrected chi connectivity index (χ1v) is 17.4. The number of likely N-dealkylation sites (N-methyl/N-ethyl adjacent to an activating group) is 2. The fourth-order valence-electron chi connectivity index (χ4n) is 6.27. The van der Waals surface area contributed by atoms with E-state index in [1.54, 1.807) is 18.9 Å². The van der Waals surface area contributed by atoms with Crippen molar-refractivity contribution in [3.63, 3.8) is 0 Å². The summed E-state index contributed by atoms with van der Waals surface area (Å²) in [5, 5.41) is 27.7. The Bertz CT molecular complexity index is 1170. The highest BCUT2D eigenvalue weighted by Gasteiger charge is 2.35. The van der Waals surface area contributed by atoms with Gasteiger partial charge in [-0.25, -0.2) is 0 Å². The lowest BCUT2D eigenvalue weighted by Crippen LogP contribution is -2.57. The first kappa shape index (κ1) is 39.8. The smallest absolute Gasteiger partial charge is 0.244 e. The fourth-order valence-corrected chi connectivity index (χ4v) is 6.27. The molecule has 6 unspecified atom stereocenters. The highest BCUT2D eigenvalue weighted by molar-refractivity contribution is 5.91. The molecule has 0 bridgehead atoms. The molecule has 0 spiro atoms. The Kier molecular flexibility index (Phi) is 18.2. The minimum Gasteiger partial charge on any atom is -0.390 e. The summed E-state index contributed by atoms with van der Waals surface area (Å²) in [6.07, 6.45) is 15.4. The van der Waals surface area contributed by atoms with E-state index < -0.39 is 47.9 Å². The van der Waals surface area contributed by atoms with Crippen LogP contribution in [0.5, 0.6) is 0 Å². The predicted molar refractivity (Wildman–Crippen MR) is 187 cm³/mol. The summed E-state index contributed by atoms with van der Waals surface area (Å²) < 4.78 is 0. The van der Waals surface area contributed by atoms with Gasteiger partial charge in [0, 0.05) is 38.9 Å². The number of amides is 3. The van der Waals surface area contributed by atoms with Gasteiger partial charge in [0.2, 0.25) is 17.7 Å². The van der Waals surface area contributed by atoms with Crippen molar-refractivity contribution in [3.8, 4) is 24.7 Å². The summed E-state index contributed by atoms with van der Waals surface area (Å²) in [6.45, 7) is 8.88. The van der Waals surface area contributed by atoms with Crippen LogP contribution in [-0.2, 0) is 20.8 Å². The third-order valence-corrected chi connectivity index (χ3v) is 9.56. The summed E-state index contributed by atoms with van der Waals surface area (Å²) in [4.78, 5) is 45.0. The summed E-state index contributed by atoms with van der Waals surface area (Å²) >= 11 is 0. The van der Waals surface area contributed by atoms with Crippen LogP contribution >= 0.6 is 0 Å². The van der Waals surface area contributed by atoms with Gasteiger partial charge in [-0.3, -0.25) is 14.4 Å². The average Bonchev–Trinajstić information content (AvgIpc) is 3.09. The van der Waals surface area contributed by atoms with E-state index in [2.05, 4.69) is 41.2 Å². The monoisotopic (exact) mass is 650 g/mol. The van der Waals surface area contributed by atoms with Gasteiger partial charge < -0.3 is 30.6 Å². The number of benzene rings is 1. The summed E-state index contributed by atoms with van der Waals surface area (Å²) in [6, 6.07) is 7.62. The summed E-state index contributed by atoms with van der Waals surface area (Å²) in [7, 11) is 1.75. The van der Waals surface area contributed by atoms with Crippen LogP contribution in [-0.4, -0.2) is 95.3 Å².